The summed E-state index contributed by atoms with van der Waals surface area (Å²) in [5, 5.41) is 4.27. The summed E-state index contributed by atoms with van der Waals surface area (Å²) in [4.78, 5) is 4.03. The van der Waals surface area contributed by atoms with Gasteiger partial charge in [-0.05, 0) is 43.2 Å². The zero-order chi connectivity index (χ0) is 13.4. The Labute approximate surface area is 111 Å². The molecule has 0 aliphatic carbocycles. The number of nitrogens with one attached hydrogen (secondary N) is 1. The maximum Gasteiger partial charge on any atom is 0.215 e. The van der Waals surface area contributed by atoms with Crippen LogP contribution in [-0.4, -0.2) is 4.98 Å². The molecule has 3 N–H and O–H groups in total. The van der Waals surface area contributed by atoms with E-state index in [0.717, 1.165) is 16.8 Å². The summed E-state index contributed by atoms with van der Waals surface area (Å²) in [6.45, 7) is 4.14. The molecule has 0 aliphatic heterocycles. The van der Waals surface area contributed by atoms with Crippen LogP contribution in [0.25, 0.3) is 11.0 Å². The molecular formula is C15H15N3O. The molecule has 1 aromatic carbocycles. The summed E-state index contributed by atoms with van der Waals surface area (Å²) in [5.41, 5.74) is 10.8. The average molecular weight is 253 g/mol. The summed E-state index contributed by atoms with van der Waals surface area (Å²) in [7, 11) is 0. The van der Waals surface area contributed by atoms with Gasteiger partial charge in [0.05, 0.1) is 6.20 Å². The van der Waals surface area contributed by atoms with Gasteiger partial charge in [0.1, 0.15) is 5.69 Å². The number of rotatable bonds is 2. The van der Waals surface area contributed by atoms with E-state index in [0.29, 0.717) is 11.5 Å². The van der Waals surface area contributed by atoms with E-state index in [1.165, 1.54) is 11.1 Å². The van der Waals surface area contributed by atoms with Crippen molar-refractivity contribution in [3.8, 4) is 0 Å². The van der Waals surface area contributed by atoms with E-state index in [1.807, 2.05) is 6.07 Å². The highest BCUT2D eigenvalue weighted by Gasteiger charge is 2.11. The molecule has 96 valence electrons. The highest BCUT2D eigenvalue weighted by Crippen LogP contribution is 2.34. The molecule has 19 heavy (non-hydrogen) atoms. The summed E-state index contributed by atoms with van der Waals surface area (Å²) < 4.78 is 5.48. The van der Waals surface area contributed by atoms with Crippen LogP contribution in [0.4, 0.5) is 17.3 Å². The van der Waals surface area contributed by atoms with Crippen molar-refractivity contribution >= 4 is 28.2 Å². The molecule has 0 fully saturated rings. The van der Waals surface area contributed by atoms with Crippen molar-refractivity contribution in [2.45, 2.75) is 13.8 Å². The summed E-state index contributed by atoms with van der Waals surface area (Å²) in [6.07, 6.45) is 3.39. The van der Waals surface area contributed by atoms with Crippen molar-refractivity contribution in [2.24, 2.45) is 0 Å². The Kier molecular flexibility index (Phi) is 2.63. The number of furan rings is 1. The Morgan fingerprint density at radius 2 is 1.89 bits per heavy atom. The number of pyridine rings is 1. The number of hydrogen-bond donors (Lipinski definition) is 2. The Balaban J connectivity index is 2.07. The molecule has 2 aromatic heterocycles. The fraction of sp³-hybridized carbons (Fsp3) is 0.133. The number of nitrogen functional groups attached to an aromatic ring is 1. The fourth-order valence-corrected chi connectivity index (χ4v) is 2.29. The van der Waals surface area contributed by atoms with Gasteiger partial charge in [0.15, 0.2) is 5.58 Å². The fourth-order valence-electron chi connectivity index (χ4n) is 2.29. The Morgan fingerprint density at radius 1 is 1.16 bits per heavy atom. The van der Waals surface area contributed by atoms with Gasteiger partial charge < -0.3 is 15.5 Å². The largest absolute Gasteiger partial charge is 0.437 e. The quantitative estimate of drug-likeness (QED) is 0.729. The normalized spacial score (nSPS) is 10.8. The van der Waals surface area contributed by atoms with E-state index in [4.69, 9.17) is 10.2 Å². The average Bonchev–Trinajstić information content (AvgIpc) is 2.65. The van der Waals surface area contributed by atoms with Crippen LogP contribution in [0.5, 0.6) is 0 Å². The topological polar surface area (TPSA) is 64.1 Å². The molecule has 0 unspecified atom stereocenters. The van der Waals surface area contributed by atoms with Crippen LogP contribution in [-0.2, 0) is 0 Å². The van der Waals surface area contributed by atoms with E-state index < -0.39 is 0 Å². The molecule has 0 amide bonds. The zero-order valence-corrected chi connectivity index (χ0v) is 10.9. The van der Waals surface area contributed by atoms with E-state index in [1.54, 1.807) is 12.4 Å². The smallest absolute Gasteiger partial charge is 0.215 e. The number of hydrogen-bond acceptors (Lipinski definition) is 4. The molecular weight excluding hydrogens is 238 g/mol. The second-order valence-electron chi connectivity index (χ2n) is 4.71. The zero-order valence-electron chi connectivity index (χ0n) is 10.9. The van der Waals surface area contributed by atoms with Crippen LogP contribution < -0.4 is 11.1 Å². The van der Waals surface area contributed by atoms with E-state index in [9.17, 15) is 0 Å². The first-order valence-corrected chi connectivity index (χ1v) is 6.11. The number of benzene rings is 1. The summed E-state index contributed by atoms with van der Waals surface area (Å²) in [5.74, 6) is 0.377. The maximum absolute atomic E-state index is 5.92. The predicted molar refractivity (Wildman–Crippen MR) is 77.6 cm³/mol. The van der Waals surface area contributed by atoms with Gasteiger partial charge in [0.25, 0.3) is 0 Å². The molecule has 2 heterocycles. The second-order valence-corrected chi connectivity index (χ2v) is 4.71. The first-order valence-electron chi connectivity index (χ1n) is 6.11. The number of aryl methyl sites for hydroxylation is 2. The van der Waals surface area contributed by atoms with Gasteiger partial charge in [0.2, 0.25) is 5.88 Å². The molecule has 4 nitrogen and oxygen atoms in total. The molecule has 3 aromatic rings. The predicted octanol–water partition coefficient (Wildman–Crippen LogP) is 3.77. The minimum Gasteiger partial charge on any atom is -0.437 e. The minimum absolute atomic E-state index is 0.377. The molecule has 0 aliphatic rings. The van der Waals surface area contributed by atoms with Gasteiger partial charge >= 0.3 is 0 Å². The monoisotopic (exact) mass is 253 g/mol. The molecule has 0 spiro atoms. The Morgan fingerprint density at radius 3 is 2.63 bits per heavy atom. The second kappa shape index (κ2) is 4.31. The van der Waals surface area contributed by atoms with Crippen molar-refractivity contribution < 1.29 is 4.42 Å². The molecule has 0 saturated carbocycles. The lowest BCUT2D eigenvalue weighted by Gasteiger charge is -2.07. The van der Waals surface area contributed by atoms with Gasteiger partial charge in [-0.15, -0.1) is 0 Å². The van der Waals surface area contributed by atoms with Gasteiger partial charge in [-0.2, -0.15) is 0 Å². The highest BCUT2D eigenvalue weighted by molar-refractivity contribution is 5.97. The number of aromatic nitrogens is 1. The highest BCUT2D eigenvalue weighted by atomic mass is 16.3. The lowest BCUT2D eigenvalue weighted by Crippen LogP contribution is -1.94. The Hall–Kier alpha value is -2.49. The number of nitrogens with two attached hydrogens (primary N) is 1. The van der Waals surface area contributed by atoms with Gasteiger partial charge in [-0.3, -0.25) is 4.98 Å². The van der Waals surface area contributed by atoms with Gasteiger partial charge in [0, 0.05) is 17.3 Å². The number of anilines is 3. The number of nitrogens with zero attached hydrogens (tertiary/aromatic N) is 1. The standard InChI is InChI=1S/C15H15N3O/c1-9-5-10(2)7-11(6-9)18-14-12-3-4-17-8-13(12)19-15(14)16/h3-8,18H,16H2,1-2H3. The molecule has 0 saturated heterocycles. The Bertz CT molecular complexity index is 726. The van der Waals surface area contributed by atoms with Crippen LogP contribution in [0.1, 0.15) is 11.1 Å². The van der Waals surface area contributed by atoms with Crippen LogP contribution in [0, 0.1) is 13.8 Å². The molecule has 3 rings (SSSR count). The SMILES string of the molecule is Cc1cc(C)cc(Nc2c(N)oc3cnccc23)c1. The van der Waals surface area contributed by atoms with Crippen LogP contribution in [0.3, 0.4) is 0 Å². The van der Waals surface area contributed by atoms with Crippen LogP contribution in [0.15, 0.2) is 41.1 Å². The molecule has 0 radical (unpaired) electrons. The summed E-state index contributed by atoms with van der Waals surface area (Å²) in [6, 6.07) is 8.17. The van der Waals surface area contributed by atoms with Crippen molar-refractivity contribution in [3.05, 3.63) is 47.8 Å². The van der Waals surface area contributed by atoms with E-state index >= 15 is 0 Å². The molecule has 0 bridgehead atoms. The van der Waals surface area contributed by atoms with Crippen molar-refractivity contribution in [1.29, 1.82) is 0 Å². The van der Waals surface area contributed by atoms with Gasteiger partial charge in [-0.25, -0.2) is 0 Å². The first kappa shape index (κ1) is 11.6. The van der Waals surface area contributed by atoms with E-state index in [2.05, 4.69) is 42.3 Å². The molecule has 0 atom stereocenters. The van der Waals surface area contributed by atoms with Crippen molar-refractivity contribution in [3.63, 3.8) is 0 Å². The maximum atomic E-state index is 5.92. The minimum atomic E-state index is 0.377. The third-order valence-corrected chi connectivity index (χ3v) is 3.01. The molecule has 4 heteroatoms. The van der Waals surface area contributed by atoms with Gasteiger partial charge in [-0.1, -0.05) is 6.07 Å². The summed E-state index contributed by atoms with van der Waals surface area (Å²) >= 11 is 0. The first-order chi connectivity index (χ1) is 9.13. The van der Waals surface area contributed by atoms with E-state index in [-0.39, 0.29) is 0 Å². The van der Waals surface area contributed by atoms with Crippen LogP contribution >= 0.6 is 0 Å². The number of fused-ring (bicyclic) bond motifs is 1. The third kappa shape index (κ3) is 2.12. The van der Waals surface area contributed by atoms with Crippen molar-refractivity contribution in [2.75, 3.05) is 11.1 Å². The lowest BCUT2D eigenvalue weighted by molar-refractivity contribution is 0.636. The van der Waals surface area contributed by atoms with Crippen LogP contribution in [0.2, 0.25) is 0 Å². The lowest BCUT2D eigenvalue weighted by atomic mass is 10.1. The third-order valence-electron chi connectivity index (χ3n) is 3.01. The van der Waals surface area contributed by atoms with Crippen molar-refractivity contribution in [1.82, 2.24) is 4.98 Å².